The molecule has 0 unspecified atom stereocenters. The molecular formula is C25H20N2O3S2. The Morgan fingerprint density at radius 2 is 1.91 bits per heavy atom. The molecule has 2 aromatic carbocycles. The van der Waals surface area contributed by atoms with Crippen molar-refractivity contribution in [3.05, 3.63) is 87.7 Å². The van der Waals surface area contributed by atoms with Gasteiger partial charge in [0.15, 0.2) is 9.84 Å². The lowest BCUT2D eigenvalue weighted by Gasteiger charge is -2.13. The summed E-state index contributed by atoms with van der Waals surface area (Å²) in [7, 11) is -3.37. The molecule has 0 radical (unpaired) electrons. The number of nitrogens with one attached hydrogen (secondary N) is 1. The lowest BCUT2D eigenvalue weighted by molar-refractivity contribution is 0.102. The number of para-hydroxylation sites is 1. The first-order chi connectivity index (χ1) is 15.4. The summed E-state index contributed by atoms with van der Waals surface area (Å²) in [5.74, 6) is -0.261. The number of anilines is 1. The molecule has 1 aliphatic rings. The third-order valence-corrected chi connectivity index (χ3v) is 7.48. The molecule has 1 N–H and O–H groups in total. The Morgan fingerprint density at radius 3 is 2.69 bits per heavy atom. The van der Waals surface area contributed by atoms with E-state index in [0.29, 0.717) is 11.3 Å². The average Bonchev–Trinajstić information content (AvgIpc) is 3.42. The van der Waals surface area contributed by atoms with Gasteiger partial charge in [-0.25, -0.2) is 13.4 Å². The second kappa shape index (κ2) is 8.00. The van der Waals surface area contributed by atoms with Crippen LogP contribution in [-0.2, 0) is 16.3 Å². The number of hydrogen-bond acceptors (Lipinski definition) is 5. The highest BCUT2D eigenvalue weighted by Gasteiger charge is 2.27. The smallest absolute Gasteiger partial charge is 0.256 e. The Kier molecular flexibility index (Phi) is 5.15. The Labute approximate surface area is 190 Å². The Morgan fingerprint density at radius 1 is 1.06 bits per heavy atom. The summed E-state index contributed by atoms with van der Waals surface area (Å²) in [6.07, 6.45) is 4.85. The van der Waals surface area contributed by atoms with Crippen LogP contribution in [0.25, 0.3) is 22.6 Å². The minimum atomic E-state index is -3.37. The van der Waals surface area contributed by atoms with Crippen molar-refractivity contribution < 1.29 is 13.2 Å². The van der Waals surface area contributed by atoms with Crippen molar-refractivity contribution in [2.45, 2.75) is 17.7 Å². The van der Waals surface area contributed by atoms with E-state index in [9.17, 15) is 13.2 Å². The van der Waals surface area contributed by atoms with Gasteiger partial charge in [-0.05, 0) is 65.8 Å². The molecule has 0 bridgehead atoms. The number of fused-ring (bicyclic) bond motifs is 2. The molecule has 0 spiro atoms. The zero-order valence-electron chi connectivity index (χ0n) is 17.3. The standard InChI is InChI=1S/C25H20N2O3S2/c1-32(29,30)19-8-4-6-17(15-19)26-25(28)23-20-9-2-3-10-22(20)27-24-16(11-12-21(23)24)14-18-7-5-13-31-18/h2-10,13-15H,11-12H2,1H3,(H,26,28)/b16-14-. The van der Waals surface area contributed by atoms with E-state index in [-0.39, 0.29) is 10.8 Å². The van der Waals surface area contributed by atoms with Crippen molar-refractivity contribution in [1.29, 1.82) is 0 Å². The monoisotopic (exact) mass is 460 g/mol. The summed E-state index contributed by atoms with van der Waals surface area (Å²) in [6, 6.07) is 18.0. The van der Waals surface area contributed by atoms with Gasteiger partial charge in [0.25, 0.3) is 5.91 Å². The first kappa shape index (κ1) is 20.6. The lowest BCUT2D eigenvalue weighted by atomic mass is 10.00. The fourth-order valence-corrected chi connectivity index (χ4v) is 5.43. The van der Waals surface area contributed by atoms with Crippen LogP contribution in [0.3, 0.4) is 0 Å². The van der Waals surface area contributed by atoms with Gasteiger partial charge in [0.2, 0.25) is 0 Å². The minimum absolute atomic E-state index is 0.168. The molecule has 5 rings (SSSR count). The summed E-state index contributed by atoms with van der Waals surface area (Å²) in [5.41, 5.74) is 4.74. The SMILES string of the molecule is CS(=O)(=O)c1cccc(NC(=O)c2c3c(nc4ccccc24)/C(=C\c2cccs2)CC3)c1. The van der Waals surface area contributed by atoms with Gasteiger partial charge in [-0.15, -0.1) is 11.3 Å². The highest BCUT2D eigenvalue weighted by Crippen LogP contribution is 2.38. The van der Waals surface area contributed by atoms with Crippen molar-refractivity contribution in [3.63, 3.8) is 0 Å². The van der Waals surface area contributed by atoms with Crippen LogP contribution in [0, 0.1) is 0 Å². The molecule has 1 amide bonds. The highest BCUT2D eigenvalue weighted by atomic mass is 32.2. The maximum absolute atomic E-state index is 13.5. The van der Waals surface area contributed by atoms with Gasteiger partial charge < -0.3 is 5.32 Å². The number of carbonyl (C=O) groups is 1. The van der Waals surface area contributed by atoms with E-state index in [2.05, 4.69) is 17.5 Å². The van der Waals surface area contributed by atoms with Gasteiger partial charge in [-0.3, -0.25) is 4.79 Å². The molecule has 0 saturated carbocycles. The maximum atomic E-state index is 13.5. The second-order valence-electron chi connectivity index (χ2n) is 7.77. The summed E-state index contributed by atoms with van der Waals surface area (Å²) >= 11 is 1.67. The molecule has 0 atom stereocenters. The van der Waals surface area contributed by atoms with E-state index in [0.717, 1.165) is 51.7 Å². The molecule has 0 aliphatic heterocycles. The van der Waals surface area contributed by atoms with Crippen molar-refractivity contribution >= 4 is 55.3 Å². The van der Waals surface area contributed by atoms with Crippen molar-refractivity contribution in [2.24, 2.45) is 0 Å². The van der Waals surface area contributed by atoms with Crippen LogP contribution in [0.15, 0.2) is 70.9 Å². The fraction of sp³-hybridized carbons (Fsp3) is 0.120. The predicted octanol–water partition coefficient (Wildman–Crippen LogP) is 5.44. The summed E-state index contributed by atoms with van der Waals surface area (Å²) in [6.45, 7) is 0. The number of benzene rings is 2. The van der Waals surface area contributed by atoms with E-state index >= 15 is 0 Å². The molecule has 0 fully saturated rings. The van der Waals surface area contributed by atoms with Crippen molar-refractivity contribution in [1.82, 2.24) is 4.98 Å². The zero-order chi connectivity index (χ0) is 22.3. The molecular weight excluding hydrogens is 440 g/mol. The second-order valence-corrected chi connectivity index (χ2v) is 10.8. The molecule has 7 heteroatoms. The van der Waals surface area contributed by atoms with E-state index in [1.165, 1.54) is 12.1 Å². The Bertz CT molecular complexity index is 1490. The zero-order valence-corrected chi connectivity index (χ0v) is 19.0. The molecule has 2 aromatic heterocycles. The molecule has 2 heterocycles. The minimum Gasteiger partial charge on any atom is -0.322 e. The molecule has 160 valence electrons. The Balaban J connectivity index is 1.61. The average molecular weight is 461 g/mol. The highest BCUT2D eigenvalue weighted by molar-refractivity contribution is 7.90. The van der Waals surface area contributed by atoms with Crippen LogP contribution in [-0.4, -0.2) is 25.6 Å². The number of pyridine rings is 1. The van der Waals surface area contributed by atoms with Gasteiger partial charge in [0, 0.05) is 22.2 Å². The topological polar surface area (TPSA) is 76.1 Å². The van der Waals surface area contributed by atoms with E-state index in [1.54, 1.807) is 23.5 Å². The van der Waals surface area contributed by atoms with E-state index in [1.807, 2.05) is 35.7 Å². The van der Waals surface area contributed by atoms with Crippen LogP contribution in [0.2, 0.25) is 0 Å². The molecule has 0 saturated heterocycles. The lowest BCUT2D eigenvalue weighted by Crippen LogP contribution is -2.16. The first-order valence-electron chi connectivity index (χ1n) is 10.2. The third-order valence-electron chi connectivity index (χ3n) is 5.55. The molecule has 1 aliphatic carbocycles. The van der Waals surface area contributed by atoms with E-state index in [4.69, 9.17) is 4.98 Å². The van der Waals surface area contributed by atoms with Gasteiger partial charge in [0.1, 0.15) is 0 Å². The van der Waals surface area contributed by atoms with Gasteiger partial charge >= 0.3 is 0 Å². The van der Waals surface area contributed by atoms with Crippen LogP contribution in [0.4, 0.5) is 5.69 Å². The number of carbonyl (C=O) groups excluding carboxylic acids is 1. The van der Waals surface area contributed by atoms with Crippen LogP contribution < -0.4 is 5.32 Å². The van der Waals surface area contributed by atoms with Crippen molar-refractivity contribution in [3.8, 4) is 0 Å². The summed E-state index contributed by atoms with van der Waals surface area (Å²) in [4.78, 5) is 19.7. The largest absolute Gasteiger partial charge is 0.322 e. The fourth-order valence-electron chi connectivity index (χ4n) is 4.08. The normalized spacial score (nSPS) is 14.6. The third kappa shape index (κ3) is 3.85. The Hall–Kier alpha value is -3.29. The predicted molar refractivity (Wildman–Crippen MR) is 130 cm³/mol. The molecule has 5 nitrogen and oxygen atoms in total. The number of aromatic nitrogens is 1. The summed E-state index contributed by atoms with van der Waals surface area (Å²) < 4.78 is 23.8. The quantitative estimate of drug-likeness (QED) is 0.440. The molecule has 4 aromatic rings. The molecule has 32 heavy (non-hydrogen) atoms. The van der Waals surface area contributed by atoms with Gasteiger partial charge in [-0.2, -0.15) is 0 Å². The van der Waals surface area contributed by atoms with Crippen LogP contribution in [0.1, 0.15) is 32.9 Å². The van der Waals surface area contributed by atoms with Crippen molar-refractivity contribution in [2.75, 3.05) is 11.6 Å². The van der Waals surface area contributed by atoms with Crippen LogP contribution >= 0.6 is 11.3 Å². The first-order valence-corrected chi connectivity index (χ1v) is 12.9. The van der Waals surface area contributed by atoms with Crippen LogP contribution in [0.5, 0.6) is 0 Å². The number of hydrogen-bond donors (Lipinski definition) is 1. The number of nitrogens with zero attached hydrogens (tertiary/aromatic N) is 1. The number of sulfone groups is 1. The number of thiophene rings is 1. The van der Waals surface area contributed by atoms with E-state index < -0.39 is 9.84 Å². The maximum Gasteiger partial charge on any atom is 0.256 e. The summed E-state index contributed by atoms with van der Waals surface area (Å²) in [5, 5.41) is 5.74. The number of rotatable bonds is 4. The number of amides is 1. The van der Waals surface area contributed by atoms with Gasteiger partial charge in [0.05, 0.1) is 21.7 Å². The van der Waals surface area contributed by atoms with Gasteiger partial charge in [-0.1, -0.05) is 30.3 Å². The number of allylic oxidation sites excluding steroid dienone is 1.